The average molecular weight is 274 g/mol. The lowest BCUT2D eigenvalue weighted by atomic mass is 10.1. The zero-order valence-corrected chi connectivity index (χ0v) is 12.4. The van der Waals surface area contributed by atoms with Gasteiger partial charge in [-0.15, -0.1) is 0 Å². The van der Waals surface area contributed by atoms with Gasteiger partial charge in [0.25, 0.3) is 0 Å². The number of unbranched alkanes of at least 4 members (excludes halogenated alkanes) is 7. The fourth-order valence-electron chi connectivity index (χ4n) is 1.66. The second kappa shape index (κ2) is 11.3. The number of carboxylic acid groups (broad SMARTS) is 1. The first-order valence-electron chi connectivity index (χ1n) is 6.84. The minimum atomic E-state index is -1.02. The van der Waals surface area contributed by atoms with Crippen molar-refractivity contribution in [3.05, 3.63) is 0 Å². The van der Waals surface area contributed by atoms with Crippen molar-refractivity contribution in [2.45, 2.75) is 58.3 Å². The standard InChI is InChI=1S/C13H26N2O2S/c1-3-4-5-6-7-8-9-10-11-14-12(18)15(2)13(16)17/h3-11H2,1-2H3,(H,14,18)(H,16,17). The summed E-state index contributed by atoms with van der Waals surface area (Å²) in [5.41, 5.74) is 0. The molecule has 5 heteroatoms. The number of carbonyl (C=O) groups is 1. The molecule has 0 unspecified atom stereocenters. The highest BCUT2D eigenvalue weighted by Crippen LogP contribution is 2.07. The molecule has 1 amide bonds. The van der Waals surface area contributed by atoms with Gasteiger partial charge in [0.05, 0.1) is 0 Å². The molecular formula is C13H26N2O2S. The van der Waals surface area contributed by atoms with Crippen LogP contribution >= 0.6 is 12.2 Å². The smallest absolute Gasteiger partial charge is 0.413 e. The highest BCUT2D eigenvalue weighted by molar-refractivity contribution is 7.80. The Balaban J connectivity index is 3.30. The first kappa shape index (κ1) is 17.2. The highest BCUT2D eigenvalue weighted by atomic mass is 32.1. The number of amides is 1. The molecule has 0 aromatic carbocycles. The number of thiocarbonyl (C=S) groups is 1. The molecule has 0 aliphatic carbocycles. The molecule has 0 aromatic rings. The van der Waals surface area contributed by atoms with Crippen LogP contribution in [0.15, 0.2) is 0 Å². The first-order chi connectivity index (χ1) is 8.59. The minimum absolute atomic E-state index is 0.283. The maximum absolute atomic E-state index is 10.6. The van der Waals surface area contributed by atoms with Crippen molar-refractivity contribution in [1.82, 2.24) is 10.2 Å². The van der Waals surface area contributed by atoms with E-state index < -0.39 is 6.09 Å². The second-order valence-electron chi connectivity index (χ2n) is 4.55. The van der Waals surface area contributed by atoms with Crippen molar-refractivity contribution in [1.29, 1.82) is 0 Å². The fourth-order valence-corrected chi connectivity index (χ4v) is 1.84. The third kappa shape index (κ3) is 9.22. The summed E-state index contributed by atoms with van der Waals surface area (Å²) in [5.74, 6) is 0. The molecule has 2 N–H and O–H groups in total. The Morgan fingerprint density at radius 2 is 1.61 bits per heavy atom. The highest BCUT2D eigenvalue weighted by Gasteiger charge is 2.09. The quantitative estimate of drug-likeness (QED) is 0.498. The van der Waals surface area contributed by atoms with Gasteiger partial charge >= 0.3 is 6.09 Å². The zero-order chi connectivity index (χ0) is 13.8. The van der Waals surface area contributed by atoms with Crippen LogP contribution in [-0.2, 0) is 0 Å². The van der Waals surface area contributed by atoms with E-state index >= 15 is 0 Å². The van der Waals surface area contributed by atoms with Crippen molar-refractivity contribution >= 4 is 23.4 Å². The van der Waals surface area contributed by atoms with Crippen molar-refractivity contribution < 1.29 is 9.90 Å². The van der Waals surface area contributed by atoms with Crippen LogP contribution in [0.2, 0.25) is 0 Å². The molecule has 0 heterocycles. The molecule has 0 fully saturated rings. The Hall–Kier alpha value is -0.840. The van der Waals surface area contributed by atoms with Gasteiger partial charge in [0.15, 0.2) is 5.11 Å². The molecule has 0 rings (SSSR count). The van der Waals surface area contributed by atoms with Crippen molar-refractivity contribution in [2.75, 3.05) is 13.6 Å². The Morgan fingerprint density at radius 3 is 2.11 bits per heavy atom. The molecule has 0 atom stereocenters. The van der Waals surface area contributed by atoms with Gasteiger partial charge in [0, 0.05) is 13.6 Å². The van der Waals surface area contributed by atoms with Gasteiger partial charge in [-0.05, 0) is 18.6 Å². The third-order valence-electron chi connectivity index (χ3n) is 2.90. The molecule has 0 saturated carbocycles. The lowest BCUT2D eigenvalue weighted by Gasteiger charge is -2.15. The van der Waals surface area contributed by atoms with Gasteiger partial charge in [0.1, 0.15) is 0 Å². The largest absolute Gasteiger partial charge is 0.465 e. The monoisotopic (exact) mass is 274 g/mol. The van der Waals surface area contributed by atoms with E-state index in [1.54, 1.807) is 0 Å². The summed E-state index contributed by atoms with van der Waals surface area (Å²) in [6.45, 7) is 2.98. The number of nitrogens with one attached hydrogen (secondary N) is 1. The molecule has 0 aromatic heterocycles. The van der Waals surface area contributed by atoms with E-state index in [-0.39, 0.29) is 5.11 Å². The molecule has 0 spiro atoms. The van der Waals surface area contributed by atoms with Crippen LogP contribution in [0.3, 0.4) is 0 Å². The van der Waals surface area contributed by atoms with Crippen LogP contribution in [0.5, 0.6) is 0 Å². The average Bonchev–Trinajstić information content (AvgIpc) is 2.35. The summed E-state index contributed by atoms with van der Waals surface area (Å²) in [6, 6.07) is 0. The van der Waals surface area contributed by atoms with Gasteiger partial charge in [-0.2, -0.15) is 0 Å². The maximum Gasteiger partial charge on any atom is 0.413 e. The van der Waals surface area contributed by atoms with Crippen LogP contribution in [0.4, 0.5) is 4.79 Å². The van der Waals surface area contributed by atoms with E-state index in [4.69, 9.17) is 17.3 Å². The lowest BCUT2D eigenvalue weighted by molar-refractivity contribution is 0.175. The van der Waals surface area contributed by atoms with Crippen molar-refractivity contribution in [3.8, 4) is 0 Å². The van der Waals surface area contributed by atoms with E-state index in [0.29, 0.717) is 0 Å². The number of rotatable bonds is 9. The molecule has 4 nitrogen and oxygen atoms in total. The van der Waals surface area contributed by atoms with Crippen LogP contribution in [-0.4, -0.2) is 34.8 Å². The van der Waals surface area contributed by atoms with Gasteiger partial charge in [0.2, 0.25) is 0 Å². The topological polar surface area (TPSA) is 52.6 Å². The fraction of sp³-hybridized carbons (Fsp3) is 0.846. The molecule has 0 bridgehead atoms. The Bertz CT molecular complexity index is 247. The zero-order valence-electron chi connectivity index (χ0n) is 11.6. The third-order valence-corrected chi connectivity index (χ3v) is 3.32. The molecule has 0 aliphatic rings. The summed E-state index contributed by atoms with van der Waals surface area (Å²) in [6.07, 6.45) is 9.08. The van der Waals surface area contributed by atoms with E-state index in [0.717, 1.165) is 17.9 Å². The minimum Gasteiger partial charge on any atom is -0.465 e. The molecule has 0 aliphatic heterocycles. The lowest BCUT2D eigenvalue weighted by Crippen LogP contribution is -2.40. The Labute approximate surface area is 116 Å². The molecular weight excluding hydrogens is 248 g/mol. The number of hydrogen-bond donors (Lipinski definition) is 2. The van der Waals surface area contributed by atoms with Gasteiger partial charge in [-0.3, -0.25) is 4.90 Å². The molecule has 18 heavy (non-hydrogen) atoms. The summed E-state index contributed by atoms with van der Waals surface area (Å²) >= 11 is 4.94. The molecule has 106 valence electrons. The maximum atomic E-state index is 10.6. The van der Waals surface area contributed by atoms with Crippen LogP contribution in [0, 0.1) is 0 Å². The Kier molecular flexibility index (Phi) is 10.7. The van der Waals surface area contributed by atoms with Crippen LogP contribution in [0.1, 0.15) is 58.3 Å². The molecule has 0 saturated heterocycles. The predicted molar refractivity (Wildman–Crippen MR) is 79.0 cm³/mol. The summed E-state index contributed by atoms with van der Waals surface area (Å²) in [7, 11) is 1.45. The van der Waals surface area contributed by atoms with Gasteiger partial charge < -0.3 is 10.4 Å². The van der Waals surface area contributed by atoms with Crippen LogP contribution in [0.25, 0.3) is 0 Å². The normalized spacial score (nSPS) is 10.1. The predicted octanol–water partition coefficient (Wildman–Crippen LogP) is 3.61. The van der Waals surface area contributed by atoms with Gasteiger partial charge in [-0.25, -0.2) is 4.79 Å². The SMILES string of the molecule is CCCCCCCCCCNC(=S)N(C)C(=O)O. The summed E-state index contributed by atoms with van der Waals surface area (Å²) < 4.78 is 0. The first-order valence-corrected chi connectivity index (χ1v) is 7.25. The van der Waals surface area contributed by atoms with E-state index in [1.807, 2.05) is 0 Å². The van der Waals surface area contributed by atoms with E-state index in [2.05, 4.69) is 12.2 Å². The van der Waals surface area contributed by atoms with Gasteiger partial charge in [-0.1, -0.05) is 51.9 Å². The van der Waals surface area contributed by atoms with E-state index in [1.165, 1.54) is 52.0 Å². The molecule has 0 radical (unpaired) electrons. The van der Waals surface area contributed by atoms with Crippen molar-refractivity contribution in [3.63, 3.8) is 0 Å². The van der Waals surface area contributed by atoms with Crippen LogP contribution < -0.4 is 5.32 Å². The number of nitrogens with zero attached hydrogens (tertiary/aromatic N) is 1. The summed E-state index contributed by atoms with van der Waals surface area (Å²) in [4.78, 5) is 11.6. The second-order valence-corrected chi connectivity index (χ2v) is 4.94. The number of hydrogen-bond acceptors (Lipinski definition) is 2. The Morgan fingerprint density at radius 1 is 1.11 bits per heavy atom. The van der Waals surface area contributed by atoms with Crippen molar-refractivity contribution in [2.24, 2.45) is 0 Å². The van der Waals surface area contributed by atoms with E-state index in [9.17, 15) is 4.79 Å². The summed E-state index contributed by atoms with van der Waals surface area (Å²) in [5, 5.41) is 11.9.